The fraction of sp³-hybridized carbons (Fsp3) is 0.625. The number of hydroxylamine groups is 2. The zero-order chi connectivity index (χ0) is 24.4. The Kier molecular flexibility index (Phi) is 5.78. The third-order valence-electron chi connectivity index (χ3n) is 8.59. The molecule has 35 heavy (non-hydrogen) atoms. The molecule has 7 rings (SSSR count). The standard InChI is InChI=1S/C24H32FN5O4S/c25-19-4-1-3-18-21-13-27-14-29(21)20(23(18)19)9-22(31)24-10-15-7-16(11-24)30(17(8-15)12-24)34-6-2-5-28-35(26,32)33/h1,3-4,13-17,20,22,28,31H,2,5-12H2,(H2,26,32,33). The van der Waals surface area contributed by atoms with Crippen molar-refractivity contribution in [2.75, 3.05) is 13.2 Å². The van der Waals surface area contributed by atoms with E-state index >= 15 is 0 Å². The van der Waals surface area contributed by atoms with Crippen LogP contribution in [0.15, 0.2) is 30.7 Å². The van der Waals surface area contributed by atoms with Crippen LogP contribution in [0.25, 0.3) is 11.3 Å². The van der Waals surface area contributed by atoms with E-state index in [1.165, 1.54) is 6.07 Å². The van der Waals surface area contributed by atoms with Crippen LogP contribution in [0.3, 0.4) is 0 Å². The van der Waals surface area contributed by atoms with Crippen molar-refractivity contribution < 1.29 is 22.8 Å². The number of fused-ring (bicyclic) bond motifs is 3. The van der Waals surface area contributed by atoms with Gasteiger partial charge in [-0.2, -0.15) is 13.5 Å². The number of aromatic nitrogens is 2. The number of nitrogens with one attached hydrogen (secondary N) is 1. The summed E-state index contributed by atoms with van der Waals surface area (Å²) in [6, 6.07) is 5.36. The topological polar surface area (TPSA) is 123 Å². The molecule has 9 nitrogen and oxygen atoms in total. The predicted molar refractivity (Wildman–Crippen MR) is 126 cm³/mol. The van der Waals surface area contributed by atoms with Crippen molar-refractivity contribution in [2.45, 2.75) is 69.2 Å². The fourth-order valence-corrected chi connectivity index (χ4v) is 7.85. The van der Waals surface area contributed by atoms with Gasteiger partial charge in [-0.05, 0) is 62.3 Å². The van der Waals surface area contributed by atoms with Gasteiger partial charge in [-0.15, -0.1) is 0 Å². The molecule has 11 heteroatoms. The van der Waals surface area contributed by atoms with E-state index in [2.05, 4.69) is 14.8 Å². The van der Waals surface area contributed by atoms with E-state index in [1.807, 2.05) is 10.6 Å². The van der Waals surface area contributed by atoms with Gasteiger partial charge in [-0.3, -0.25) is 4.84 Å². The third-order valence-corrected chi connectivity index (χ3v) is 9.20. The molecule has 4 N–H and O–H groups in total. The maximum Gasteiger partial charge on any atom is 0.274 e. The Labute approximate surface area is 204 Å². The molecular weight excluding hydrogens is 473 g/mol. The van der Waals surface area contributed by atoms with E-state index in [0.29, 0.717) is 30.9 Å². The average Bonchev–Trinajstić information content (AvgIpc) is 3.37. The van der Waals surface area contributed by atoms with Crippen molar-refractivity contribution in [3.63, 3.8) is 0 Å². The number of rotatable bonds is 9. The molecule has 3 aliphatic heterocycles. The van der Waals surface area contributed by atoms with Crippen molar-refractivity contribution in [1.82, 2.24) is 19.3 Å². The lowest BCUT2D eigenvalue weighted by atomic mass is 9.53. The van der Waals surface area contributed by atoms with Crippen LogP contribution in [0.2, 0.25) is 0 Å². The van der Waals surface area contributed by atoms with Gasteiger partial charge in [0.1, 0.15) is 5.82 Å². The summed E-state index contributed by atoms with van der Waals surface area (Å²) in [6.45, 7) is 0.653. The first-order valence-electron chi connectivity index (χ1n) is 12.4. The minimum absolute atomic E-state index is 0.194. The molecule has 2 aliphatic carbocycles. The van der Waals surface area contributed by atoms with Gasteiger partial charge in [0.2, 0.25) is 0 Å². The van der Waals surface area contributed by atoms with Crippen molar-refractivity contribution in [2.24, 2.45) is 16.5 Å². The van der Waals surface area contributed by atoms with Crippen LogP contribution in [0.4, 0.5) is 4.39 Å². The molecule has 2 saturated heterocycles. The minimum atomic E-state index is -3.69. The van der Waals surface area contributed by atoms with E-state index in [1.54, 1.807) is 18.6 Å². The second-order valence-electron chi connectivity index (χ2n) is 10.8. The van der Waals surface area contributed by atoms with E-state index in [4.69, 9.17) is 9.98 Å². The Morgan fingerprint density at radius 2 is 2.06 bits per heavy atom. The summed E-state index contributed by atoms with van der Waals surface area (Å²) < 4.78 is 41.2. The van der Waals surface area contributed by atoms with Crippen molar-refractivity contribution >= 4 is 10.2 Å². The number of halogens is 1. The van der Waals surface area contributed by atoms with Gasteiger partial charge < -0.3 is 9.67 Å². The fourth-order valence-electron chi connectivity index (χ4n) is 7.42. The van der Waals surface area contributed by atoms with Crippen molar-refractivity contribution in [1.29, 1.82) is 0 Å². The number of hydrogen-bond donors (Lipinski definition) is 3. The molecule has 0 spiro atoms. The average molecular weight is 506 g/mol. The summed E-state index contributed by atoms with van der Waals surface area (Å²) in [5.74, 6) is 0.327. The van der Waals surface area contributed by atoms with Crippen LogP contribution in [0.5, 0.6) is 0 Å². The van der Waals surface area contributed by atoms with Gasteiger partial charge in [0.05, 0.1) is 37.0 Å². The van der Waals surface area contributed by atoms with Gasteiger partial charge in [0.15, 0.2) is 0 Å². The minimum Gasteiger partial charge on any atom is -0.392 e. The summed E-state index contributed by atoms with van der Waals surface area (Å²) in [4.78, 5) is 10.4. The summed E-state index contributed by atoms with van der Waals surface area (Å²) in [5.41, 5.74) is 2.23. The van der Waals surface area contributed by atoms with Gasteiger partial charge in [0.25, 0.3) is 10.2 Å². The maximum atomic E-state index is 14.9. The van der Waals surface area contributed by atoms with E-state index in [0.717, 1.165) is 43.4 Å². The Hall–Kier alpha value is -1.89. The number of aliphatic hydroxyl groups excluding tert-OH is 1. The van der Waals surface area contributed by atoms with E-state index < -0.39 is 16.3 Å². The second kappa shape index (κ2) is 8.60. The number of nitrogens with two attached hydrogens (primary N) is 1. The maximum absolute atomic E-state index is 14.9. The van der Waals surface area contributed by atoms with Gasteiger partial charge in [-0.25, -0.2) is 19.2 Å². The largest absolute Gasteiger partial charge is 0.392 e. The summed E-state index contributed by atoms with van der Waals surface area (Å²) in [6.07, 6.45) is 8.75. The van der Waals surface area contributed by atoms with E-state index in [9.17, 15) is 17.9 Å². The molecular formula is C24H32FN5O4S. The molecule has 4 atom stereocenters. The molecule has 2 saturated carbocycles. The lowest BCUT2D eigenvalue weighted by molar-refractivity contribution is -0.292. The number of nitrogens with zero attached hydrogens (tertiary/aromatic N) is 3. The molecule has 0 radical (unpaired) electrons. The van der Waals surface area contributed by atoms with Crippen LogP contribution < -0.4 is 9.86 Å². The summed E-state index contributed by atoms with van der Waals surface area (Å²) >= 11 is 0. The molecule has 5 aliphatic rings. The smallest absolute Gasteiger partial charge is 0.274 e. The Bertz CT molecular complexity index is 1200. The number of benzene rings is 1. The summed E-state index contributed by atoms with van der Waals surface area (Å²) in [5, 5.41) is 18.7. The number of imidazole rings is 1. The zero-order valence-electron chi connectivity index (χ0n) is 19.5. The number of hydrogen-bond acceptors (Lipinski definition) is 6. The molecule has 2 aromatic rings. The van der Waals surface area contributed by atoms with Gasteiger partial charge in [-0.1, -0.05) is 12.1 Å². The van der Waals surface area contributed by atoms with Crippen molar-refractivity contribution in [3.05, 3.63) is 42.1 Å². The highest BCUT2D eigenvalue weighted by atomic mass is 32.2. The van der Waals surface area contributed by atoms with Crippen LogP contribution in [0, 0.1) is 17.2 Å². The van der Waals surface area contributed by atoms with Crippen LogP contribution in [-0.4, -0.2) is 59.5 Å². The van der Waals surface area contributed by atoms with Gasteiger partial charge >= 0.3 is 0 Å². The van der Waals surface area contributed by atoms with Gasteiger partial charge in [0, 0.05) is 29.8 Å². The highest BCUT2D eigenvalue weighted by Crippen LogP contribution is 2.59. The Morgan fingerprint density at radius 1 is 1.29 bits per heavy atom. The lowest BCUT2D eigenvalue weighted by Crippen LogP contribution is -2.64. The first-order valence-corrected chi connectivity index (χ1v) is 14.0. The molecule has 4 unspecified atom stereocenters. The monoisotopic (exact) mass is 505 g/mol. The number of aliphatic hydroxyl groups is 1. The Balaban J connectivity index is 1.15. The Morgan fingerprint density at radius 3 is 2.80 bits per heavy atom. The zero-order valence-corrected chi connectivity index (χ0v) is 20.3. The molecule has 1 aromatic carbocycles. The molecule has 4 fully saturated rings. The lowest BCUT2D eigenvalue weighted by Gasteiger charge is -2.62. The third kappa shape index (κ3) is 4.11. The quantitative estimate of drug-likeness (QED) is 0.449. The molecule has 0 amide bonds. The molecule has 1 aromatic heterocycles. The van der Waals surface area contributed by atoms with Crippen molar-refractivity contribution in [3.8, 4) is 11.3 Å². The SMILES string of the molecule is NS(=O)(=O)NCCCON1C2CC3CC1CC(C(O)CC1c4c(F)cccc4-c4cncn41)(C3)C2. The summed E-state index contributed by atoms with van der Waals surface area (Å²) in [7, 11) is -3.69. The highest BCUT2D eigenvalue weighted by molar-refractivity contribution is 7.87. The second-order valence-corrected chi connectivity index (χ2v) is 12.1. The van der Waals surface area contributed by atoms with Crippen LogP contribution >= 0.6 is 0 Å². The van der Waals surface area contributed by atoms with Crippen LogP contribution in [-0.2, 0) is 15.0 Å². The first kappa shape index (κ1) is 23.5. The highest BCUT2D eigenvalue weighted by Gasteiger charge is 2.58. The van der Waals surface area contributed by atoms with Crippen LogP contribution in [0.1, 0.15) is 56.6 Å². The molecule has 4 heterocycles. The molecule has 190 valence electrons. The number of piperidine rings is 2. The predicted octanol–water partition coefficient (Wildman–Crippen LogP) is 2.09. The normalized spacial score (nSPS) is 32.1. The molecule has 4 bridgehead atoms. The first-order chi connectivity index (χ1) is 16.7. The van der Waals surface area contributed by atoms with E-state index in [-0.39, 0.29) is 35.9 Å².